The Morgan fingerprint density at radius 3 is 2.67 bits per heavy atom. The minimum atomic E-state index is -0.371. The van der Waals surface area contributed by atoms with Crippen LogP contribution in [0.25, 0.3) is 0 Å². The number of hydrogen-bond acceptors (Lipinski definition) is 2. The lowest BCUT2D eigenvalue weighted by Crippen LogP contribution is -2.30. The summed E-state index contributed by atoms with van der Waals surface area (Å²) in [4.78, 5) is 24.0. The Kier molecular flexibility index (Phi) is 2.48. The van der Waals surface area contributed by atoms with Gasteiger partial charge in [0.1, 0.15) is 0 Å². The molecular formula is C10H9BrN2O2. The molecule has 1 N–H and O–H groups in total. The predicted octanol–water partition coefficient (Wildman–Crippen LogP) is 1.81. The highest BCUT2D eigenvalue weighted by Gasteiger charge is 2.31. The first-order valence-corrected chi connectivity index (χ1v) is 5.26. The van der Waals surface area contributed by atoms with E-state index < -0.39 is 0 Å². The van der Waals surface area contributed by atoms with Crippen molar-refractivity contribution in [3.63, 3.8) is 0 Å². The fourth-order valence-corrected chi connectivity index (χ4v) is 2.13. The maximum Gasteiger partial charge on any atom is 0.329 e. The number of urea groups is 1. The Labute approximate surface area is 95.4 Å². The molecule has 1 aromatic rings. The van der Waals surface area contributed by atoms with Gasteiger partial charge in [-0.3, -0.25) is 4.79 Å². The number of carbonyl (C=O) groups excluding carboxylic acids is 2. The van der Waals surface area contributed by atoms with Gasteiger partial charge in [0.25, 0.3) is 5.91 Å². The molecule has 0 aromatic heterocycles. The number of benzene rings is 1. The number of nitrogens with zero attached hydrogens (tertiary/aromatic N) is 1. The van der Waals surface area contributed by atoms with Gasteiger partial charge in [-0.05, 0) is 40.5 Å². The third kappa shape index (κ3) is 1.74. The molecule has 0 aliphatic carbocycles. The van der Waals surface area contributed by atoms with Crippen LogP contribution in [-0.2, 0) is 4.79 Å². The summed E-state index contributed by atoms with van der Waals surface area (Å²) in [6.45, 7) is 2.01. The van der Waals surface area contributed by atoms with Crippen LogP contribution in [0.5, 0.6) is 0 Å². The minimum Gasteiger partial charge on any atom is -0.328 e. The number of imide groups is 1. The fourth-order valence-electron chi connectivity index (χ4n) is 1.46. The highest BCUT2D eigenvalue weighted by molar-refractivity contribution is 9.10. The van der Waals surface area contributed by atoms with E-state index in [4.69, 9.17) is 0 Å². The number of anilines is 1. The standard InChI is InChI=1S/C10H9BrN2O2/c1-6-2-3-8(7(11)4-6)13-9(14)5-12-10(13)15/h2-4H,5H2,1H3,(H,12,15). The van der Waals surface area contributed by atoms with Gasteiger partial charge < -0.3 is 5.32 Å². The monoisotopic (exact) mass is 268 g/mol. The fraction of sp³-hybridized carbons (Fsp3) is 0.200. The smallest absolute Gasteiger partial charge is 0.328 e. The van der Waals surface area contributed by atoms with Crippen molar-refractivity contribution >= 4 is 33.6 Å². The molecule has 78 valence electrons. The van der Waals surface area contributed by atoms with E-state index in [0.29, 0.717) is 5.69 Å². The van der Waals surface area contributed by atoms with E-state index in [1.54, 1.807) is 6.07 Å². The molecule has 0 spiro atoms. The Hall–Kier alpha value is -1.36. The molecule has 0 saturated carbocycles. The Morgan fingerprint density at radius 1 is 1.40 bits per heavy atom. The average molecular weight is 269 g/mol. The number of halogens is 1. The molecule has 1 fully saturated rings. The lowest BCUT2D eigenvalue weighted by atomic mass is 10.2. The quantitative estimate of drug-likeness (QED) is 0.790. The summed E-state index contributed by atoms with van der Waals surface area (Å²) in [6, 6.07) is 5.11. The summed E-state index contributed by atoms with van der Waals surface area (Å²) in [5.41, 5.74) is 1.65. The first-order valence-electron chi connectivity index (χ1n) is 4.46. The normalized spacial score (nSPS) is 15.7. The van der Waals surface area contributed by atoms with Gasteiger partial charge in [0, 0.05) is 4.47 Å². The molecule has 0 atom stereocenters. The summed E-state index contributed by atoms with van der Waals surface area (Å²) in [6.07, 6.45) is 0. The van der Waals surface area contributed by atoms with Crippen LogP contribution in [0.2, 0.25) is 0 Å². The lowest BCUT2D eigenvalue weighted by Gasteiger charge is -2.14. The van der Waals surface area contributed by atoms with Gasteiger partial charge in [-0.15, -0.1) is 0 Å². The zero-order valence-electron chi connectivity index (χ0n) is 8.08. The van der Waals surface area contributed by atoms with Crippen LogP contribution in [0.4, 0.5) is 10.5 Å². The third-order valence-electron chi connectivity index (χ3n) is 2.19. The molecule has 2 rings (SSSR count). The van der Waals surface area contributed by atoms with Crippen molar-refractivity contribution in [1.29, 1.82) is 0 Å². The van der Waals surface area contributed by atoms with Crippen molar-refractivity contribution in [1.82, 2.24) is 5.32 Å². The molecule has 15 heavy (non-hydrogen) atoms. The average Bonchev–Trinajstić information content (AvgIpc) is 2.48. The van der Waals surface area contributed by atoms with Crippen molar-refractivity contribution in [2.24, 2.45) is 0 Å². The Morgan fingerprint density at radius 2 is 2.13 bits per heavy atom. The Bertz CT molecular complexity index is 429. The van der Waals surface area contributed by atoms with E-state index in [0.717, 1.165) is 14.9 Å². The van der Waals surface area contributed by atoms with Crippen LogP contribution in [0.15, 0.2) is 22.7 Å². The molecule has 1 aliphatic rings. The maximum atomic E-state index is 11.4. The topological polar surface area (TPSA) is 49.4 Å². The van der Waals surface area contributed by atoms with E-state index in [1.165, 1.54) is 0 Å². The highest BCUT2D eigenvalue weighted by atomic mass is 79.9. The molecule has 3 amide bonds. The SMILES string of the molecule is Cc1ccc(N2C(=O)CNC2=O)c(Br)c1. The van der Waals surface area contributed by atoms with Crippen molar-refractivity contribution in [2.45, 2.75) is 6.92 Å². The van der Waals surface area contributed by atoms with E-state index in [-0.39, 0.29) is 18.5 Å². The van der Waals surface area contributed by atoms with Gasteiger partial charge in [-0.25, -0.2) is 9.69 Å². The van der Waals surface area contributed by atoms with Crippen molar-refractivity contribution in [2.75, 3.05) is 11.4 Å². The number of amides is 3. The van der Waals surface area contributed by atoms with Crippen molar-refractivity contribution < 1.29 is 9.59 Å². The van der Waals surface area contributed by atoms with Gasteiger partial charge >= 0.3 is 6.03 Å². The van der Waals surface area contributed by atoms with Gasteiger partial charge in [0.2, 0.25) is 0 Å². The number of hydrogen-bond donors (Lipinski definition) is 1. The summed E-state index contributed by atoms with van der Waals surface area (Å²) < 4.78 is 0.743. The molecule has 1 saturated heterocycles. The van der Waals surface area contributed by atoms with E-state index in [2.05, 4.69) is 21.2 Å². The first-order chi connectivity index (χ1) is 7.09. The van der Waals surface area contributed by atoms with Crippen molar-refractivity contribution in [3.05, 3.63) is 28.2 Å². The molecule has 0 bridgehead atoms. The van der Waals surface area contributed by atoms with E-state index >= 15 is 0 Å². The first kappa shape index (κ1) is 10.2. The Balaban J connectivity index is 2.45. The van der Waals surface area contributed by atoms with Gasteiger partial charge in [0.15, 0.2) is 0 Å². The number of rotatable bonds is 1. The number of nitrogens with one attached hydrogen (secondary N) is 1. The van der Waals surface area contributed by atoms with Gasteiger partial charge in [-0.2, -0.15) is 0 Å². The lowest BCUT2D eigenvalue weighted by molar-refractivity contribution is -0.115. The zero-order chi connectivity index (χ0) is 11.0. The molecular weight excluding hydrogens is 260 g/mol. The van der Waals surface area contributed by atoms with E-state index in [9.17, 15) is 9.59 Å². The molecule has 0 unspecified atom stereocenters. The number of carbonyl (C=O) groups is 2. The van der Waals surface area contributed by atoms with Crippen LogP contribution < -0.4 is 10.2 Å². The summed E-state index contributed by atoms with van der Waals surface area (Å²) in [5, 5.41) is 2.48. The summed E-state index contributed by atoms with van der Waals surface area (Å²) in [7, 11) is 0. The van der Waals surface area contributed by atoms with E-state index in [1.807, 2.05) is 19.1 Å². The minimum absolute atomic E-state index is 0.0686. The van der Waals surface area contributed by atoms with Crippen molar-refractivity contribution in [3.8, 4) is 0 Å². The molecule has 5 heteroatoms. The zero-order valence-corrected chi connectivity index (χ0v) is 9.67. The second-order valence-corrected chi connectivity index (χ2v) is 4.20. The highest BCUT2D eigenvalue weighted by Crippen LogP contribution is 2.28. The van der Waals surface area contributed by atoms with Crippen LogP contribution in [-0.4, -0.2) is 18.5 Å². The predicted molar refractivity (Wildman–Crippen MR) is 59.8 cm³/mol. The molecule has 4 nitrogen and oxygen atoms in total. The van der Waals surface area contributed by atoms with Crippen LogP contribution >= 0.6 is 15.9 Å². The second-order valence-electron chi connectivity index (χ2n) is 3.34. The molecule has 0 radical (unpaired) electrons. The molecule has 1 heterocycles. The van der Waals surface area contributed by atoms with Crippen LogP contribution in [0.1, 0.15) is 5.56 Å². The summed E-state index contributed by atoms with van der Waals surface area (Å²) >= 11 is 3.34. The van der Waals surface area contributed by atoms with Crippen LogP contribution in [0.3, 0.4) is 0 Å². The van der Waals surface area contributed by atoms with Gasteiger partial charge in [-0.1, -0.05) is 6.07 Å². The second kappa shape index (κ2) is 3.66. The van der Waals surface area contributed by atoms with Crippen LogP contribution in [0, 0.1) is 6.92 Å². The number of aryl methyl sites for hydroxylation is 1. The maximum absolute atomic E-state index is 11.4. The molecule has 1 aliphatic heterocycles. The third-order valence-corrected chi connectivity index (χ3v) is 2.82. The molecule has 1 aromatic carbocycles. The van der Waals surface area contributed by atoms with Gasteiger partial charge in [0.05, 0.1) is 12.2 Å². The largest absolute Gasteiger partial charge is 0.329 e. The summed E-state index contributed by atoms with van der Waals surface area (Å²) in [5.74, 6) is -0.232.